The molecular formula is C13H19N3OS. The Bertz CT molecular complexity index is 377. The molecule has 0 spiro atoms. The summed E-state index contributed by atoms with van der Waals surface area (Å²) >= 11 is 1.72. The number of nitrogens with zero attached hydrogens (tertiary/aromatic N) is 3. The topological polar surface area (TPSA) is 36.4 Å². The minimum Gasteiger partial charge on any atom is -0.353 e. The van der Waals surface area contributed by atoms with E-state index >= 15 is 0 Å². The summed E-state index contributed by atoms with van der Waals surface area (Å²) in [5.41, 5.74) is 0. The van der Waals surface area contributed by atoms with Crippen molar-refractivity contribution in [1.82, 2.24) is 9.88 Å². The third-order valence-corrected chi connectivity index (χ3v) is 3.74. The average molecular weight is 265 g/mol. The van der Waals surface area contributed by atoms with E-state index in [2.05, 4.69) is 9.88 Å². The largest absolute Gasteiger partial charge is 0.353 e. The van der Waals surface area contributed by atoms with E-state index in [0.29, 0.717) is 6.42 Å². The molecule has 0 bridgehead atoms. The number of amides is 1. The first-order valence-corrected chi connectivity index (χ1v) is 7.63. The van der Waals surface area contributed by atoms with Crippen LogP contribution >= 0.6 is 11.8 Å². The molecule has 0 saturated carbocycles. The number of anilines is 1. The number of hydrogen-bond donors (Lipinski definition) is 0. The Labute approximate surface area is 112 Å². The van der Waals surface area contributed by atoms with E-state index in [0.717, 1.165) is 37.7 Å². The number of hydrogen-bond acceptors (Lipinski definition) is 4. The number of carbonyl (C=O) groups excluding carboxylic acids is 1. The van der Waals surface area contributed by atoms with Gasteiger partial charge in [0.05, 0.1) is 0 Å². The van der Waals surface area contributed by atoms with Gasteiger partial charge in [-0.2, -0.15) is 11.8 Å². The van der Waals surface area contributed by atoms with Crippen molar-refractivity contribution in [2.45, 2.75) is 6.42 Å². The van der Waals surface area contributed by atoms with Crippen LogP contribution < -0.4 is 4.90 Å². The van der Waals surface area contributed by atoms with Gasteiger partial charge in [-0.1, -0.05) is 6.07 Å². The highest BCUT2D eigenvalue weighted by Crippen LogP contribution is 2.13. The maximum absolute atomic E-state index is 11.9. The first-order valence-electron chi connectivity index (χ1n) is 6.24. The molecule has 0 radical (unpaired) electrons. The first kappa shape index (κ1) is 13.2. The zero-order valence-electron chi connectivity index (χ0n) is 10.7. The van der Waals surface area contributed by atoms with Crippen molar-refractivity contribution in [2.75, 3.05) is 43.1 Å². The minimum absolute atomic E-state index is 0.282. The summed E-state index contributed by atoms with van der Waals surface area (Å²) in [5.74, 6) is 2.21. The highest BCUT2D eigenvalue weighted by molar-refractivity contribution is 7.98. The Morgan fingerprint density at radius 3 is 2.72 bits per heavy atom. The van der Waals surface area contributed by atoms with E-state index in [1.807, 2.05) is 35.6 Å². The molecule has 1 fully saturated rings. The molecule has 1 aromatic rings. The van der Waals surface area contributed by atoms with Crippen LogP contribution in [0, 0.1) is 0 Å². The van der Waals surface area contributed by atoms with Gasteiger partial charge in [0.2, 0.25) is 5.91 Å². The van der Waals surface area contributed by atoms with Crippen LogP contribution in [0.2, 0.25) is 0 Å². The molecule has 0 atom stereocenters. The van der Waals surface area contributed by atoms with Crippen LogP contribution in [0.3, 0.4) is 0 Å². The molecule has 2 rings (SSSR count). The Morgan fingerprint density at radius 2 is 2.11 bits per heavy atom. The second-order valence-electron chi connectivity index (χ2n) is 4.30. The molecule has 2 heterocycles. The third kappa shape index (κ3) is 3.38. The van der Waals surface area contributed by atoms with Crippen molar-refractivity contribution in [2.24, 2.45) is 0 Å². The molecular weight excluding hydrogens is 246 g/mol. The van der Waals surface area contributed by atoms with E-state index < -0.39 is 0 Å². The summed E-state index contributed by atoms with van der Waals surface area (Å²) in [6.07, 6.45) is 4.50. The molecule has 5 heteroatoms. The van der Waals surface area contributed by atoms with Gasteiger partial charge in [0.15, 0.2) is 0 Å². The van der Waals surface area contributed by atoms with Gasteiger partial charge in [-0.3, -0.25) is 4.79 Å². The molecule has 0 N–H and O–H groups in total. The lowest BCUT2D eigenvalue weighted by Crippen LogP contribution is -2.49. The normalized spacial score (nSPS) is 15.8. The second-order valence-corrected chi connectivity index (χ2v) is 5.28. The average Bonchev–Trinajstić information content (AvgIpc) is 2.46. The SMILES string of the molecule is CSCCC(=O)N1CCN(c2ccccn2)CC1. The molecule has 0 aromatic carbocycles. The number of thioether (sulfide) groups is 1. The maximum Gasteiger partial charge on any atom is 0.223 e. The van der Waals surface area contributed by atoms with Gasteiger partial charge in [0, 0.05) is 44.5 Å². The van der Waals surface area contributed by atoms with Crippen LogP contribution in [0.25, 0.3) is 0 Å². The van der Waals surface area contributed by atoms with Crippen LogP contribution in [0.15, 0.2) is 24.4 Å². The van der Waals surface area contributed by atoms with E-state index in [-0.39, 0.29) is 5.91 Å². The predicted octanol–water partition coefficient (Wildman–Crippen LogP) is 1.48. The van der Waals surface area contributed by atoms with E-state index in [1.54, 1.807) is 11.8 Å². The van der Waals surface area contributed by atoms with Crippen molar-refractivity contribution in [3.63, 3.8) is 0 Å². The maximum atomic E-state index is 11.9. The van der Waals surface area contributed by atoms with Crippen molar-refractivity contribution in [1.29, 1.82) is 0 Å². The molecule has 1 aliphatic rings. The number of piperazine rings is 1. The van der Waals surface area contributed by atoms with E-state index in [9.17, 15) is 4.79 Å². The van der Waals surface area contributed by atoms with Crippen LogP contribution in [0.1, 0.15) is 6.42 Å². The number of aromatic nitrogens is 1. The Kier molecular flexibility index (Phi) is 4.87. The van der Waals surface area contributed by atoms with Crippen LogP contribution in [0.4, 0.5) is 5.82 Å². The second kappa shape index (κ2) is 6.64. The summed E-state index contributed by atoms with van der Waals surface area (Å²) < 4.78 is 0. The van der Waals surface area contributed by atoms with Crippen LogP contribution in [-0.4, -0.2) is 54.0 Å². The first-order chi connectivity index (χ1) is 8.81. The van der Waals surface area contributed by atoms with Crippen molar-refractivity contribution >= 4 is 23.5 Å². The lowest BCUT2D eigenvalue weighted by molar-refractivity contribution is -0.131. The molecule has 1 aromatic heterocycles. The van der Waals surface area contributed by atoms with Gasteiger partial charge >= 0.3 is 0 Å². The third-order valence-electron chi connectivity index (χ3n) is 3.13. The molecule has 1 amide bonds. The fraction of sp³-hybridized carbons (Fsp3) is 0.538. The minimum atomic E-state index is 0.282. The van der Waals surface area contributed by atoms with Crippen LogP contribution in [-0.2, 0) is 4.79 Å². The fourth-order valence-electron chi connectivity index (χ4n) is 2.07. The van der Waals surface area contributed by atoms with Gasteiger partial charge in [0.25, 0.3) is 0 Å². The van der Waals surface area contributed by atoms with Gasteiger partial charge in [0.1, 0.15) is 5.82 Å². The number of rotatable bonds is 4. The summed E-state index contributed by atoms with van der Waals surface area (Å²) in [6.45, 7) is 3.37. The lowest BCUT2D eigenvalue weighted by Gasteiger charge is -2.35. The fourth-order valence-corrected chi connectivity index (χ4v) is 2.45. The van der Waals surface area contributed by atoms with Gasteiger partial charge < -0.3 is 9.80 Å². The van der Waals surface area contributed by atoms with Crippen molar-refractivity contribution in [3.05, 3.63) is 24.4 Å². The molecule has 1 aliphatic heterocycles. The standard InChI is InChI=1S/C13H19N3OS/c1-18-11-5-13(17)16-9-7-15(8-10-16)12-4-2-3-6-14-12/h2-4,6H,5,7-11H2,1H3. The smallest absolute Gasteiger partial charge is 0.223 e. The molecule has 1 saturated heterocycles. The van der Waals surface area contributed by atoms with Crippen molar-refractivity contribution < 1.29 is 4.79 Å². The highest BCUT2D eigenvalue weighted by Gasteiger charge is 2.21. The lowest BCUT2D eigenvalue weighted by atomic mass is 10.3. The molecule has 18 heavy (non-hydrogen) atoms. The highest BCUT2D eigenvalue weighted by atomic mass is 32.2. The monoisotopic (exact) mass is 265 g/mol. The number of pyridine rings is 1. The van der Waals surface area contributed by atoms with E-state index in [4.69, 9.17) is 0 Å². The zero-order valence-corrected chi connectivity index (χ0v) is 11.5. The molecule has 0 unspecified atom stereocenters. The predicted molar refractivity (Wildman–Crippen MR) is 76.0 cm³/mol. The van der Waals surface area contributed by atoms with E-state index in [1.165, 1.54) is 0 Å². The summed E-state index contributed by atoms with van der Waals surface area (Å²) in [7, 11) is 0. The number of carbonyl (C=O) groups is 1. The Morgan fingerprint density at radius 1 is 1.33 bits per heavy atom. The molecule has 98 valence electrons. The molecule has 4 nitrogen and oxygen atoms in total. The Balaban J connectivity index is 1.83. The van der Waals surface area contributed by atoms with Crippen LogP contribution in [0.5, 0.6) is 0 Å². The molecule has 0 aliphatic carbocycles. The Hall–Kier alpha value is -1.23. The van der Waals surface area contributed by atoms with Gasteiger partial charge in [-0.25, -0.2) is 4.98 Å². The quantitative estimate of drug-likeness (QED) is 0.826. The van der Waals surface area contributed by atoms with Crippen molar-refractivity contribution in [3.8, 4) is 0 Å². The van der Waals surface area contributed by atoms with Gasteiger partial charge in [-0.15, -0.1) is 0 Å². The van der Waals surface area contributed by atoms with Gasteiger partial charge in [-0.05, 0) is 18.4 Å². The summed E-state index contributed by atoms with van der Waals surface area (Å²) in [5, 5.41) is 0. The zero-order chi connectivity index (χ0) is 12.8. The summed E-state index contributed by atoms with van der Waals surface area (Å²) in [6, 6.07) is 5.94. The summed E-state index contributed by atoms with van der Waals surface area (Å²) in [4.78, 5) is 20.4.